The van der Waals surface area contributed by atoms with Crippen molar-refractivity contribution in [3.8, 4) is 11.5 Å². The molecule has 0 bridgehead atoms. The zero-order chi connectivity index (χ0) is 18.7. The number of likely N-dealkylation sites (tertiary alicyclic amines) is 1. The van der Waals surface area contributed by atoms with Gasteiger partial charge in [-0.15, -0.1) is 0 Å². The molecule has 2 fully saturated rings. The molecule has 26 heavy (non-hydrogen) atoms. The summed E-state index contributed by atoms with van der Waals surface area (Å²) >= 11 is 0. The van der Waals surface area contributed by atoms with Gasteiger partial charge in [-0.2, -0.15) is 0 Å². The second-order valence-electron chi connectivity index (χ2n) is 7.88. The lowest BCUT2D eigenvalue weighted by molar-refractivity contribution is -0.152. The van der Waals surface area contributed by atoms with Crippen LogP contribution < -0.4 is 9.47 Å². The molecular formula is C21H31NO4. The molecule has 5 heteroatoms. The van der Waals surface area contributed by atoms with Gasteiger partial charge in [-0.05, 0) is 51.2 Å². The van der Waals surface area contributed by atoms with E-state index in [1.165, 1.54) is 0 Å². The molecule has 144 valence electrons. The van der Waals surface area contributed by atoms with Crippen molar-refractivity contribution in [3.63, 3.8) is 0 Å². The third-order valence-electron chi connectivity index (χ3n) is 6.17. The first kappa shape index (κ1) is 19.0. The summed E-state index contributed by atoms with van der Waals surface area (Å²) in [6.07, 6.45) is 5.18. The van der Waals surface area contributed by atoms with E-state index in [9.17, 15) is 9.90 Å². The second kappa shape index (κ2) is 7.87. The fraction of sp³-hybridized carbons (Fsp3) is 0.667. The minimum Gasteiger partial charge on any atom is -0.496 e. The summed E-state index contributed by atoms with van der Waals surface area (Å²) in [5, 5.41) is 9.33. The predicted molar refractivity (Wildman–Crippen MR) is 100 cm³/mol. The van der Waals surface area contributed by atoms with Crippen LogP contribution in [-0.2, 0) is 4.79 Å². The van der Waals surface area contributed by atoms with E-state index in [2.05, 4.69) is 0 Å². The Morgan fingerprint density at radius 1 is 1.31 bits per heavy atom. The van der Waals surface area contributed by atoms with E-state index < -0.39 is 0 Å². The summed E-state index contributed by atoms with van der Waals surface area (Å²) in [7, 11) is 1.68. The number of amides is 1. The fourth-order valence-electron chi connectivity index (χ4n) is 4.32. The monoisotopic (exact) mass is 361 g/mol. The number of rotatable bonds is 6. The van der Waals surface area contributed by atoms with Gasteiger partial charge in [0.2, 0.25) is 5.91 Å². The molecule has 1 heterocycles. The average molecular weight is 361 g/mol. The molecular weight excluding hydrogens is 330 g/mol. The molecule has 1 saturated carbocycles. The third kappa shape index (κ3) is 3.68. The first-order chi connectivity index (χ1) is 12.5. The Morgan fingerprint density at radius 3 is 2.54 bits per heavy atom. The van der Waals surface area contributed by atoms with Gasteiger partial charge in [-0.3, -0.25) is 4.79 Å². The molecule has 1 aromatic carbocycles. The normalized spacial score (nSPS) is 20.5. The summed E-state index contributed by atoms with van der Waals surface area (Å²) in [4.78, 5) is 14.3. The Morgan fingerprint density at radius 2 is 1.96 bits per heavy atom. The van der Waals surface area contributed by atoms with Crippen LogP contribution in [0.3, 0.4) is 0 Å². The van der Waals surface area contributed by atoms with Gasteiger partial charge in [0.1, 0.15) is 11.5 Å². The Kier molecular flexibility index (Phi) is 5.76. The predicted octanol–water partition coefficient (Wildman–Crippen LogP) is 3.17. The van der Waals surface area contributed by atoms with Crippen LogP contribution in [0.5, 0.6) is 11.5 Å². The number of carbonyl (C=O) groups excluding carboxylic acids is 1. The minimum atomic E-state index is -0.233. The highest BCUT2D eigenvalue weighted by Gasteiger charge is 2.48. The van der Waals surface area contributed by atoms with E-state index in [1.807, 2.05) is 36.9 Å². The highest BCUT2D eigenvalue weighted by molar-refractivity contribution is 5.80. The van der Waals surface area contributed by atoms with Crippen molar-refractivity contribution in [2.75, 3.05) is 26.8 Å². The second-order valence-corrected chi connectivity index (χ2v) is 7.88. The molecule has 0 radical (unpaired) electrons. The Balaban J connectivity index is 1.51. The van der Waals surface area contributed by atoms with Crippen LogP contribution in [0.1, 0.15) is 44.6 Å². The molecule has 2 aliphatic rings. The van der Waals surface area contributed by atoms with Gasteiger partial charge >= 0.3 is 0 Å². The molecule has 1 amide bonds. The van der Waals surface area contributed by atoms with Gasteiger partial charge in [0.25, 0.3) is 0 Å². The van der Waals surface area contributed by atoms with E-state index in [-0.39, 0.29) is 30.0 Å². The molecule has 3 rings (SSSR count). The zero-order valence-electron chi connectivity index (χ0n) is 16.2. The number of nitrogens with zero attached hydrogens (tertiary/aromatic N) is 1. The number of aliphatic hydroxyl groups excluding tert-OH is 1. The maximum Gasteiger partial charge on any atom is 0.228 e. The first-order valence-corrected chi connectivity index (χ1v) is 9.72. The summed E-state index contributed by atoms with van der Waals surface area (Å²) in [6.45, 7) is 5.62. The topological polar surface area (TPSA) is 59.0 Å². The van der Waals surface area contributed by atoms with Crippen LogP contribution >= 0.6 is 0 Å². The van der Waals surface area contributed by atoms with E-state index in [0.29, 0.717) is 6.42 Å². The molecule has 1 saturated heterocycles. The molecule has 1 aliphatic heterocycles. The quantitative estimate of drug-likeness (QED) is 0.845. The van der Waals surface area contributed by atoms with E-state index in [1.54, 1.807) is 7.11 Å². The number of aliphatic hydroxyl groups is 1. The van der Waals surface area contributed by atoms with Gasteiger partial charge in [0, 0.05) is 24.1 Å². The lowest BCUT2D eigenvalue weighted by Crippen LogP contribution is -2.61. The van der Waals surface area contributed by atoms with Crippen molar-refractivity contribution in [2.45, 2.75) is 52.1 Å². The number of hydrogen-bond acceptors (Lipinski definition) is 4. The van der Waals surface area contributed by atoms with Crippen molar-refractivity contribution >= 4 is 5.91 Å². The van der Waals surface area contributed by atoms with E-state index in [4.69, 9.17) is 9.47 Å². The maximum absolute atomic E-state index is 12.3. The minimum absolute atomic E-state index is 0.0470. The van der Waals surface area contributed by atoms with E-state index >= 15 is 0 Å². The van der Waals surface area contributed by atoms with E-state index in [0.717, 1.165) is 55.8 Å². The van der Waals surface area contributed by atoms with Gasteiger partial charge in [-0.1, -0.05) is 13.0 Å². The lowest BCUT2D eigenvalue weighted by atomic mass is 9.67. The summed E-state index contributed by atoms with van der Waals surface area (Å²) in [6, 6.07) is 5.92. The van der Waals surface area contributed by atoms with Gasteiger partial charge in [-0.25, -0.2) is 0 Å². The molecule has 1 spiro atoms. The Labute approximate surface area is 156 Å². The largest absolute Gasteiger partial charge is 0.496 e. The van der Waals surface area contributed by atoms with Crippen LogP contribution in [0, 0.1) is 18.3 Å². The van der Waals surface area contributed by atoms with Gasteiger partial charge < -0.3 is 19.5 Å². The number of hydrogen-bond donors (Lipinski definition) is 1. The maximum atomic E-state index is 12.3. The Hall–Kier alpha value is -1.75. The molecule has 1 atom stereocenters. The van der Waals surface area contributed by atoms with Crippen molar-refractivity contribution in [1.29, 1.82) is 0 Å². The molecule has 5 nitrogen and oxygen atoms in total. The standard InChI is InChI=1S/C21H31NO4/c1-4-16(12-23)20(24)22-13-21(14-22)10-8-17(9-11-21)26-19-7-5-6-18(25-3)15(19)2/h5-7,16-17,23H,4,8-14H2,1-3H3/t16-/m1/s1. The smallest absolute Gasteiger partial charge is 0.228 e. The van der Waals surface area contributed by atoms with Crippen LogP contribution in [0.15, 0.2) is 18.2 Å². The molecule has 1 aromatic rings. The first-order valence-electron chi connectivity index (χ1n) is 9.72. The fourth-order valence-corrected chi connectivity index (χ4v) is 4.32. The van der Waals surface area contributed by atoms with Crippen molar-refractivity contribution in [3.05, 3.63) is 23.8 Å². The SMILES string of the molecule is CC[C@H](CO)C(=O)N1CC2(CCC(Oc3cccc(OC)c3C)CC2)C1. The van der Waals surface area contributed by atoms with Crippen LogP contribution in [0.2, 0.25) is 0 Å². The Bertz CT molecular complexity index is 625. The van der Waals surface area contributed by atoms with Crippen LogP contribution in [-0.4, -0.2) is 48.8 Å². The van der Waals surface area contributed by atoms with Crippen molar-refractivity contribution in [1.82, 2.24) is 4.90 Å². The zero-order valence-corrected chi connectivity index (χ0v) is 16.2. The number of ether oxygens (including phenoxy) is 2. The molecule has 1 N–H and O–H groups in total. The summed E-state index contributed by atoms with van der Waals surface area (Å²) in [5.41, 5.74) is 1.32. The number of carbonyl (C=O) groups is 1. The molecule has 0 unspecified atom stereocenters. The van der Waals surface area contributed by atoms with Crippen LogP contribution in [0.25, 0.3) is 0 Å². The lowest BCUT2D eigenvalue weighted by Gasteiger charge is -2.54. The van der Waals surface area contributed by atoms with Crippen molar-refractivity contribution < 1.29 is 19.4 Å². The van der Waals surface area contributed by atoms with Crippen LogP contribution in [0.4, 0.5) is 0 Å². The highest BCUT2D eigenvalue weighted by atomic mass is 16.5. The third-order valence-corrected chi connectivity index (χ3v) is 6.17. The molecule has 0 aromatic heterocycles. The van der Waals surface area contributed by atoms with Gasteiger partial charge in [0.05, 0.1) is 25.7 Å². The number of methoxy groups -OCH3 is 1. The van der Waals surface area contributed by atoms with Crippen molar-refractivity contribution in [2.24, 2.45) is 11.3 Å². The average Bonchev–Trinajstić information content (AvgIpc) is 2.63. The summed E-state index contributed by atoms with van der Waals surface area (Å²) in [5.74, 6) is 1.65. The highest BCUT2D eigenvalue weighted by Crippen LogP contribution is 2.45. The molecule has 1 aliphatic carbocycles. The summed E-state index contributed by atoms with van der Waals surface area (Å²) < 4.78 is 11.6. The van der Waals surface area contributed by atoms with Gasteiger partial charge in [0.15, 0.2) is 0 Å². The number of benzene rings is 1.